The van der Waals surface area contributed by atoms with Gasteiger partial charge in [-0.3, -0.25) is 0 Å². The maximum atomic E-state index is 11.1. The molecule has 4 nitrogen and oxygen atoms in total. The summed E-state index contributed by atoms with van der Waals surface area (Å²) in [7, 11) is 4.87. The van der Waals surface area contributed by atoms with E-state index in [0.29, 0.717) is 17.9 Å². The minimum absolute atomic E-state index is 0.206. The molecule has 4 heteroatoms. The van der Waals surface area contributed by atoms with Crippen molar-refractivity contribution in [1.82, 2.24) is 0 Å². The van der Waals surface area contributed by atoms with Crippen LogP contribution in [0.3, 0.4) is 0 Å². The Labute approximate surface area is 114 Å². The topological polar surface area (TPSA) is 47.9 Å². The molecule has 19 heavy (non-hydrogen) atoms. The third-order valence-electron chi connectivity index (χ3n) is 3.96. The summed E-state index contributed by atoms with van der Waals surface area (Å²) in [4.78, 5) is 0. The van der Waals surface area contributed by atoms with Crippen molar-refractivity contribution < 1.29 is 19.3 Å². The highest BCUT2D eigenvalue weighted by molar-refractivity contribution is 5.44. The van der Waals surface area contributed by atoms with Gasteiger partial charge >= 0.3 is 0 Å². The number of hydrogen-bond donors (Lipinski definition) is 1. The van der Waals surface area contributed by atoms with Crippen molar-refractivity contribution in [3.8, 4) is 11.5 Å². The van der Waals surface area contributed by atoms with Crippen LogP contribution in [0.2, 0.25) is 0 Å². The summed E-state index contributed by atoms with van der Waals surface area (Å²) in [6, 6.07) is 5.50. The van der Waals surface area contributed by atoms with E-state index in [0.717, 1.165) is 24.8 Å². The van der Waals surface area contributed by atoms with Gasteiger partial charge in [0.25, 0.3) is 0 Å². The van der Waals surface area contributed by atoms with Gasteiger partial charge in [-0.2, -0.15) is 0 Å². The molecular weight excluding hydrogens is 244 g/mol. The van der Waals surface area contributed by atoms with Gasteiger partial charge in [0.15, 0.2) is 0 Å². The van der Waals surface area contributed by atoms with Crippen molar-refractivity contribution in [2.24, 2.45) is 0 Å². The van der Waals surface area contributed by atoms with E-state index in [1.807, 2.05) is 18.2 Å². The van der Waals surface area contributed by atoms with Gasteiger partial charge in [0.1, 0.15) is 17.1 Å². The van der Waals surface area contributed by atoms with Crippen LogP contribution in [-0.2, 0) is 10.3 Å². The van der Waals surface area contributed by atoms with Gasteiger partial charge in [-0.1, -0.05) is 12.8 Å². The maximum Gasteiger partial charge on any atom is 0.125 e. The van der Waals surface area contributed by atoms with Crippen molar-refractivity contribution in [3.05, 3.63) is 23.8 Å². The van der Waals surface area contributed by atoms with Crippen LogP contribution in [0.5, 0.6) is 11.5 Å². The Hall–Kier alpha value is -1.26. The lowest BCUT2D eigenvalue weighted by Crippen LogP contribution is -2.43. The minimum Gasteiger partial charge on any atom is -0.497 e. The molecule has 0 heterocycles. The van der Waals surface area contributed by atoms with E-state index in [9.17, 15) is 5.11 Å². The van der Waals surface area contributed by atoms with E-state index < -0.39 is 5.60 Å². The average Bonchev–Trinajstić information content (AvgIpc) is 2.47. The highest BCUT2D eigenvalue weighted by Crippen LogP contribution is 2.43. The molecule has 0 radical (unpaired) electrons. The van der Waals surface area contributed by atoms with Crippen LogP contribution in [0.25, 0.3) is 0 Å². The normalized spacial score (nSPS) is 27.1. The molecule has 1 fully saturated rings. The lowest BCUT2D eigenvalue weighted by molar-refractivity contribution is -0.123. The summed E-state index contributed by atoms with van der Waals surface area (Å²) in [5.41, 5.74) is -0.256. The molecule has 2 atom stereocenters. The van der Waals surface area contributed by atoms with E-state index in [-0.39, 0.29) is 6.10 Å². The van der Waals surface area contributed by atoms with Gasteiger partial charge in [-0.25, -0.2) is 0 Å². The second-order valence-corrected chi connectivity index (χ2v) is 4.96. The first-order valence-electron chi connectivity index (χ1n) is 6.63. The zero-order valence-electron chi connectivity index (χ0n) is 11.8. The smallest absolute Gasteiger partial charge is 0.125 e. The van der Waals surface area contributed by atoms with E-state index in [1.165, 1.54) is 0 Å². The largest absolute Gasteiger partial charge is 0.497 e. The summed E-state index contributed by atoms with van der Waals surface area (Å²) < 4.78 is 16.1. The molecule has 1 aliphatic carbocycles. The molecule has 0 saturated heterocycles. The second-order valence-electron chi connectivity index (χ2n) is 4.96. The summed E-state index contributed by atoms with van der Waals surface area (Å²) >= 11 is 0. The van der Waals surface area contributed by atoms with Crippen LogP contribution in [0.1, 0.15) is 31.2 Å². The number of hydrogen-bond acceptors (Lipinski definition) is 4. The summed E-state index contributed by atoms with van der Waals surface area (Å²) in [5.74, 6) is 1.39. The summed E-state index contributed by atoms with van der Waals surface area (Å²) in [6.07, 6.45) is 3.38. The van der Waals surface area contributed by atoms with Crippen molar-refractivity contribution in [3.63, 3.8) is 0 Å². The third-order valence-corrected chi connectivity index (χ3v) is 3.96. The molecule has 2 rings (SSSR count). The molecule has 0 aliphatic heterocycles. The number of methoxy groups -OCH3 is 3. The molecule has 1 saturated carbocycles. The monoisotopic (exact) mass is 266 g/mol. The van der Waals surface area contributed by atoms with Crippen LogP contribution in [0, 0.1) is 0 Å². The molecule has 0 aromatic heterocycles. The van der Waals surface area contributed by atoms with Crippen LogP contribution in [0.4, 0.5) is 0 Å². The fourth-order valence-electron chi connectivity index (χ4n) is 2.90. The molecule has 0 bridgehead atoms. The molecule has 0 spiro atoms. The Morgan fingerprint density at radius 2 is 1.95 bits per heavy atom. The zero-order chi connectivity index (χ0) is 13.9. The Morgan fingerprint density at radius 3 is 2.58 bits per heavy atom. The zero-order valence-corrected chi connectivity index (χ0v) is 11.8. The second kappa shape index (κ2) is 5.80. The van der Waals surface area contributed by atoms with Crippen molar-refractivity contribution >= 4 is 0 Å². The van der Waals surface area contributed by atoms with Crippen molar-refractivity contribution in [2.45, 2.75) is 37.4 Å². The number of benzene rings is 1. The highest BCUT2D eigenvalue weighted by Gasteiger charge is 2.42. The van der Waals surface area contributed by atoms with Gasteiger partial charge < -0.3 is 19.3 Å². The number of rotatable bonds is 4. The van der Waals surface area contributed by atoms with E-state index in [4.69, 9.17) is 14.2 Å². The summed E-state index contributed by atoms with van der Waals surface area (Å²) in [6.45, 7) is 0. The Morgan fingerprint density at radius 1 is 1.16 bits per heavy atom. The van der Waals surface area contributed by atoms with Gasteiger partial charge in [0.05, 0.1) is 20.3 Å². The Balaban J connectivity index is 2.47. The van der Waals surface area contributed by atoms with Crippen LogP contribution < -0.4 is 9.47 Å². The number of aliphatic hydroxyl groups is 1. The predicted molar refractivity (Wildman–Crippen MR) is 72.7 cm³/mol. The first-order valence-corrected chi connectivity index (χ1v) is 6.63. The Kier molecular flexibility index (Phi) is 4.32. The lowest BCUT2D eigenvalue weighted by atomic mass is 9.77. The van der Waals surface area contributed by atoms with Crippen molar-refractivity contribution in [2.75, 3.05) is 21.3 Å². The standard InChI is InChI=1S/C15H22O4/c1-17-11-7-8-13(18-2)12(10-11)15(16)9-5-4-6-14(15)19-3/h7-8,10,14,16H,4-6,9H2,1-3H3. The fraction of sp³-hybridized carbons (Fsp3) is 0.600. The molecule has 106 valence electrons. The molecule has 1 N–H and O–H groups in total. The SMILES string of the molecule is COc1ccc(OC)c(C2(O)CCCCC2OC)c1. The first-order chi connectivity index (χ1) is 9.15. The highest BCUT2D eigenvalue weighted by atomic mass is 16.5. The van der Waals surface area contributed by atoms with E-state index in [2.05, 4.69) is 0 Å². The van der Waals surface area contributed by atoms with Crippen LogP contribution >= 0.6 is 0 Å². The van der Waals surface area contributed by atoms with Gasteiger partial charge in [-0.15, -0.1) is 0 Å². The quantitative estimate of drug-likeness (QED) is 0.909. The molecule has 1 aromatic rings. The lowest BCUT2D eigenvalue weighted by Gasteiger charge is -2.40. The average molecular weight is 266 g/mol. The Bertz CT molecular complexity index is 432. The first kappa shape index (κ1) is 14.2. The molecule has 1 aliphatic rings. The molecular formula is C15H22O4. The van der Waals surface area contributed by atoms with Gasteiger partial charge in [0.2, 0.25) is 0 Å². The number of ether oxygens (including phenoxy) is 3. The van der Waals surface area contributed by atoms with Crippen LogP contribution in [0.15, 0.2) is 18.2 Å². The molecule has 2 unspecified atom stereocenters. The predicted octanol–water partition coefficient (Wildman–Crippen LogP) is 2.48. The van der Waals surface area contributed by atoms with Gasteiger partial charge in [-0.05, 0) is 31.0 Å². The fourth-order valence-corrected chi connectivity index (χ4v) is 2.90. The maximum absolute atomic E-state index is 11.1. The van der Waals surface area contributed by atoms with E-state index in [1.54, 1.807) is 21.3 Å². The minimum atomic E-state index is -1.01. The van der Waals surface area contributed by atoms with Crippen molar-refractivity contribution in [1.29, 1.82) is 0 Å². The third kappa shape index (κ3) is 2.55. The molecule has 1 aromatic carbocycles. The molecule has 0 amide bonds. The van der Waals surface area contributed by atoms with Crippen LogP contribution in [-0.4, -0.2) is 32.5 Å². The summed E-state index contributed by atoms with van der Waals surface area (Å²) in [5, 5.41) is 11.1. The van der Waals surface area contributed by atoms with E-state index >= 15 is 0 Å². The van der Waals surface area contributed by atoms with Gasteiger partial charge in [0, 0.05) is 12.7 Å².